The van der Waals surface area contributed by atoms with Crippen molar-refractivity contribution in [2.75, 3.05) is 17.3 Å². The van der Waals surface area contributed by atoms with Crippen LogP contribution in [-0.2, 0) is 24.9 Å². The normalized spacial score (nSPS) is 12.4. The third kappa shape index (κ3) is 9.55. The minimum atomic E-state index is -0.895. The third-order valence-electron chi connectivity index (χ3n) is 6.14. The average Bonchev–Trinajstić information content (AvgIpc) is 2.98. The Labute approximate surface area is 253 Å². The lowest BCUT2D eigenvalue weighted by Crippen LogP contribution is -2.54. The smallest absolute Gasteiger partial charge is 0.329 e. The number of rotatable bonds is 14. The fourth-order valence-corrected chi connectivity index (χ4v) is 5.19. The van der Waals surface area contributed by atoms with Gasteiger partial charge in [0.25, 0.3) is 0 Å². The molecular weight excluding hydrogens is 639 g/mol. The Bertz CT molecular complexity index is 1190. The van der Waals surface area contributed by atoms with Crippen molar-refractivity contribution in [1.82, 2.24) is 10.6 Å². The van der Waals surface area contributed by atoms with Crippen LogP contribution in [0, 0.1) is 5.92 Å². The second kappa shape index (κ2) is 16.3. The van der Waals surface area contributed by atoms with Crippen LogP contribution in [0.1, 0.15) is 36.6 Å². The van der Waals surface area contributed by atoms with Gasteiger partial charge < -0.3 is 20.1 Å². The minimum Gasteiger partial charge on any atom is -0.497 e. The summed E-state index contributed by atoms with van der Waals surface area (Å²) in [5.74, 6) is 0.321. The molecule has 0 unspecified atom stereocenters. The highest BCUT2D eigenvalue weighted by Crippen LogP contribution is 2.27. The zero-order valence-corrected chi connectivity index (χ0v) is 25.8. The summed E-state index contributed by atoms with van der Waals surface area (Å²) in [7, 11) is 1.62. The number of nitrogens with one attached hydrogen (secondary N) is 2. The van der Waals surface area contributed by atoms with Crippen molar-refractivity contribution in [3.05, 3.63) is 102 Å². The van der Waals surface area contributed by atoms with Gasteiger partial charge in [-0.2, -0.15) is 11.8 Å². The number of carbonyl (C=O) groups is 3. The van der Waals surface area contributed by atoms with Gasteiger partial charge in [0.1, 0.15) is 17.8 Å². The van der Waals surface area contributed by atoms with Crippen LogP contribution >= 0.6 is 34.4 Å². The van der Waals surface area contributed by atoms with Gasteiger partial charge in [-0.15, -0.1) is 0 Å². The van der Waals surface area contributed by atoms with Gasteiger partial charge in [0, 0.05) is 11.5 Å². The van der Waals surface area contributed by atoms with Crippen LogP contribution in [0.25, 0.3) is 0 Å². The van der Waals surface area contributed by atoms with Gasteiger partial charge in [-0.3, -0.25) is 9.59 Å². The largest absolute Gasteiger partial charge is 0.497 e. The summed E-state index contributed by atoms with van der Waals surface area (Å²) in [6, 6.07) is 25.0. The van der Waals surface area contributed by atoms with Crippen molar-refractivity contribution in [1.29, 1.82) is 0 Å². The standard InChI is InChI=1S/C31H35IN2O5S/c1-21(2)28(31(37)39-29(23-10-6-4-7-11-23)24-12-8-5-9-13-24)34-30(36)26(33-27(35)18-32)20-40-19-22-14-16-25(38-3)17-15-22/h4-17,21,26,28-29H,18-20H2,1-3H3,(H,33,35)(H,34,36)/t26-,28+/m0/s1. The molecule has 7 nitrogen and oxygen atoms in total. The summed E-state index contributed by atoms with van der Waals surface area (Å²) in [5, 5.41) is 5.65. The molecule has 0 aromatic heterocycles. The predicted octanol–water partition coefficient (Wildman–Crippen LogP) is 5.32. The Morgan fingerprint density at radius 3 is 1.93 bits per heavy atom. The van der Waals surface area contributed by atoms with Crippen molar-refractivity contribution in [3.8, 4) is 5.75 Å². The molecular formula is C31H35IN2O5S. The fourth-order valence-electron chi connectivity index (χ4n) is 3.96. The highest BCUT2D eigenvalue weighted by Gasteiger charge is 2.32. The van der Waals surface area contributed by atoms with E-state index in [1.807, 2.05) is 121 Å². The first-order valence-electron chi connectivity index (χ1n) is 13.0. The topological polar surface area (TPSA) is 93.7 Å². The average molecular weight is 675 g/mol. The van der Waals surface area contributed by atoms with E-state index in [1.165, 1.54) is 11.8 Å². The van der Waals surface area contributed by atoms with Gasteiger partial charge in [-0.05, 0) is 34.7 Å². The molecule has 2 atom stereocenters. The number of amides is 2. The molecule has 0 saturated heterocycles. The molecule has 3 aromatic carbocycles. The SMILES string of the molecule is COc1ccc(CSC[C@H](NC(=O)CI)C(=O)N[C@@H](C(=O)OC(c2ccccc2)c2ccccc2)C(C)C)cc1. The molecule has 0 bridgehead atoms. The van der Waals surface area contributed by atoms with Crippen LogP contribution in [0.2, 0.25) is 0 Å². The third-order valence-corrected chi connectivity index (χ3v) is 7.94. The Hall–Kier alpha value is -3.05. The summed E-state index contributed by atoms with van der Waals surface area (Å²) in [5.41, 5.74) is 2.73. The van der Waals surface area contributed by atoms with Gasteiger partial charge >= 0.3 is 5.97 Å². The van der Waals surface area contributed by atoms with Crippen LogP contribution in [0.15, 0.2) is 84.9 Å². The number of hydrogen-bond donors (Lipinski definition) is 2. The van der Waals surface area contributed by atoms with Gasteiger partial charge in [0.2, 0.25) is 11.8 Å². The highest BCUT2D eigenvalue weighted by molar-refractivity contribution is 14.1. The predicted molar refractivity (Wildman–Crippen MR) is 168 cm³/mol. The first-order chi connectivity index (χ1) is 19.3. The van der Waals surface area contributed by atoms with Crippen molar-refractivity contribution in [2.24, 2.45) is 5.92 Å². The lowest BCUT2D eigenvalue weighted by atomic mass is 10.0. The number of esters is 1. The van der Waals surface area contributed by atoms with Gasteiger partial charge in [0.15, 0.2) is 6.10 Å². The summed E-state index contributed by atoms with van der Waals surface area (Å²) in [4.78, 5) is 39.1. The number of alkyl halides is 1. The van der Waals surface area contributed by atoms with Crippen molar-refractivity contribution < 1.29 is 23.9 Å². The van der Waals surface area contributed by atoms with E-state index >= 15 is 0 Å². The van der Waals surface area contributed by atoms with E-state index < -0.39 is 30.1 Å². The monoisotopic (exact) mass is 674 g/mol. The molecule has 212 valence electrons. The van der Waals surface area contributed by atoms with Crippen molar-refractivity contribution in [3.63, 3.8) is 0 Å². The van der Waals surface area contributed by atoms with Crippen LogP contribution in [0.3, 0.4) is 0 Å². The molecule has 3 aromatic rings. The van der Waals surface area contributed by atoms with Crippen LogP contribution in [0.5, 0.6) is 5.75 Å². The molecule has 40 heavy (non-hydrogen) atoms. The first-order valence-corrected chi connectivity index (χ1v) is 15.7. The summed E-state index contributed by atoms with van der Waals surface area (Å²) in [6.45, 7) is 3.70. The van der Waals surface area contributed by atoms with E-state index in [0.29, 0.717) is 11.5 Å². The van der Waals surface area contributed by atoms with Gasteiger partial charge in [0.05, 0.1) is 11.5 Å². The molecule has 9 heteroatoms. The van der Waals surface area contributed by atoms with E-state index in [1.54, 1.807) is 7.11 Å². The van der Waals surface area contributed by atoms with Crippen molar-refractivity contribution in [2.45, 2.75) is 37.8 Å². The molecule has 2 amide bonds. The Morgan fingerprint density at radius 2 is 1.43 bits per heavy atom. The second-order valence-corrected chi connectivity index (χ2v) is 11.3. The zero-order chi connectivity index (χ0) is 28.9. The maximum Gasteiger partial charge on any atom is 0.329 e. The van der Waals surface area contributed by atoms with E-state index in [-0.39, 0.29) is 16.3 Å². The number of halogens is 1. The zero-order valence-electron chi connectivity index (χ0n) is 22.8. The number of thioether (sulfide) groups is 1. The highest BCUT2D eigenvalue weighted by atomic mass is 127. The molecule has 0 spiro atoms. The van der Waals surface area contributed by atoms with Crippen LogP contribution in [0.4, 0.5) is 0 Å². The summed E-state index contributed by atoms with van der Waals surface area (Å²) < 4.78 is 11.5. The number of hydrogen-bond acceptors (Lipinski definition) is 6. The van der Waals surface area contributed by atoms with Crippen molar-refractivity contribution >= 4 is 52.1 Å². The first kappa shape index (κ1) is 31.5. The molecule has 0 aliphatic heterocycles. The molecule has 0 fully saturated rings. The fraction of sp³-hybridized carbons (Fsp3) is 0.323. The Kier molecular flexibility index (Phi) is 12.8. The molecule has 0 aliphatic carbocycles. The molecule has 0 aliphatic rings. The summed E-state index contributed by atoms with van der Waals surface area (Å²) >= 11 is 3.48. The Morgan fingerprint density at radius 1 is 0.850 bits per heavy atom. The number of methoxy groups -OCH3 is 1. The lowest BCUT2D eigenvalue weighted by molar-refractivity contribution is -0.153. The van der Waals surface area contributed by atoms with Gasteiger partial charge in [-0.25, -0.2) is 4.79 Å². The molecule has 0 heterocycles. The summed E-state index contributed by atoms with van der Waals surface area (Å²) in [6.07, 6.45) is -0.623. The van der Waals surface area contributed by atoms with E-state index in [2.05, 4.69) is 10.6 Å². The minimum absolute atomic E-state index is 0.218. The molecule has 0 radical (unpaired) electrons. The molecule has 0 saturated carbocycles. The van der Waals surface area contributed by atoms with Gasteiger partial charge in [-0.1, -0.05) is 109 Å². The van der Waals surface area contributed by atoms with E-state index in [0.717, 1.165) is 22.4 Å². The maximum atomic E-state index is 13.5. The number of carbonyl (C=O) groups excluding carboxylic acids is 3. The number of ether oxygens (including phenoxy) is 2. The van der Waals surface area contributed by atoms with E-state index in [4.69, 9.17) is 9.47 Å². The quantitative estimate of drug-likeness (QED) is 0.137. The maximum absolute atomic E-state index is 13.5. The van der Waals surface area contributed by atoms with Crippen LogP contribution < -0.4 is 15.4 Å². The lowest BCUT2D eigenvalue weighted by Gasteiger charge is -2.27. The Balaban J connectivity index is 1.71. The molecule has 2 N–H and O–H groups in total. The second-order valence-electron chi connectivity index (χ2n) is 9.49. The van der Waals surface area contributed by atoms with E-state index in [9.17, 15) is 14.4 Å². The number of benzene rings is 3. The molecule has 3 rings (SSSR count). The van der Waals surface area contributed by atoms with Crippen LogP contribution in [-0.4, -0.2) is 47.2 Å².